The Balaban J connectivity index is 1.71. The summed E-state index contributed by atoms with van der Waals surface area (Å²) in [5.74, 6) is 0.362. The summed E-state index contributed by atoms with van der Waals surface area (Å²) in [7, 11) is 1.92. The topological polar surface area (TPSA) is 92.1 Å². The van der Waals surface area contributed by atoms with Gasteiger partial charge in [0.1, 0.15) is 0 Å². The Morgan fingerprint density at radius 1 is 1.26 bits per heavy atom. The van der Waals surface area contributed by atoms with Crippen LogP contribution in [0.1, 0.15) is 21.5 Å². The number of fused-ring (bicyclic) bond motifs is 3. The quantitative estimate of drug-likeness (QED) is 0.645. The van der Waals surface area contributed by atoms with Gasteiger partial charge < -0.3 is 20.3 Å². The van der Waals surface area contributed by atoms with Crippen molar-refractivity contribution in [3.05, 3.63) is 59.4 Å². The third-order valence-electron chi connectivity index (χ3n) is 4.69. The highest BCUT2D eigenvalue weighted by molar-refractivity contribution is 5.98. The van der Waals surface area contributed by atoms with Gasteiger partial charge in [-0.3, -0.25) is 4.79 Å². The average Bonchev–Trinajstić information content (AvgIpc) is 3.04. The molecule has 0 unspecified atom stereocenters. The van der Waals surface area contributed by atoms with Crippen LogP contribution in [0.15, 0.2) is 42.7 Å². The number of amides is 1. The molecule has 0 bridgehead atoms. The summed E-state index contributed by atoms with van der Waals surface area (Å²) in [5.41, 5.74) is 5.43. The van der Waals surface area contributed by atoms with Gasteiger partial charge in [-0.1, -0.05) is 18.2 Å². The van der Waals surface area contributed by atoms with Crippen LogP contribution in [0.4, 0.5) is 11.6 Å². The van der Waals surface area contributed by atoms with Gasteiger partial charge in [-0.25, -0.2) is 9.97 Å². The molecule has 0 saturated heterocycles. The molecule has 1 aliphatic rings. The van der Waals surface area contributed by atoms with Crippen molar-refractivity contribution in [2.75, 3.05) is 18.5 Å². The molecule has 3 N–H and O–H groups in total. The molecule has 0 saturated carbocycles. The van der Waals surface area contributed by atoms with Gasteiger partial charge in [-0.2, -0.15) is 0 Å². The summed E-state index contributed by atoms with van der Waals surface area (Å²) >= 11 is 0. The minimum Gasteiger partial charge on any atom is -0.395 e. The van der Waals surface area contributed by atoms with E-state index in [0.29, 0.717) is 11.5 Å². The first-order chi connectivity index (χ1) is 13.2. The molecule has 27 heavy (non-hydrogen) atoms. The second-order valence-corrected chi connectivity index (χ2v) is 6.52. The predicted molar refractivity (Wildman–Crippen MR) is 103 cm³/mol. The highest BCUT2D eigenvalue weighted by Crippen LogP contribution is 2.35. The van der Waals surface area contributed by atoms with Crippen molar-refractivity contribution in [3.63, 3.8) is 0 Å². The van der Waals surface area contributed by atoms with Gasteiger partial charge in [0.05, 0.1) is 23.6 Å². The molecule has 0 aliphatic heterocycles. The zero-order chi connectivity index (χ0) is 18.8. The number of nitrogens with zero attached hydrogens (tertiary/aromatic N) is 3. The van der Waals surface area contributed by atoms with E-state index in [9.17, 15) is 4.79 Å². The van der Waals surface area contributed by atoms with E-state index in [1.54, 1.807) is 0 Å². The van der Waals surface area contributed by atoms with Gasteiger partial charge in [0, 0.05) is 31.7 Å². The second-order valence-electron chi connectivity index (χ2n) is 6.52. The zero-order valence-corrected chi connectivity index (χ0v) is 15.1. The van der Waals surface area contributed by atoms with Crippen LogP contribution in [-0.4, -0.2) is 38.7 Å². The fourth-order valence-electron chi connectivity index (χ4n) is 3.47. The largest absolute Gasteiger partial charge is 0.395 e. The number of para-hydroxylation sites is 1. The fraction of sp³-hybridized carbons (Fsp3) is 0.250. The maximum atomic E-state index is 12.4. The fourth-order valence-corrected chi connectivity index (χ4v) is 3.47. The summed E-state index contributed by atoms with van der Waals surface area (Å²) < 4.78 is 1.94. The molecule has 3 aromatic rings. The lowest BCUT2D eigenvalue weighted by Crippen LogP contribution is -2.27. The standard InChI is InChI=1S/C20H21N5O2/c1-25-12-16(19(27)21-9-10-26)15-8-7-13-11-22-20(24-17(13)18(15)25)23-14-5-3-2-4-6-14/h2-6,11-12,26H,7-10H2,1H3,(H,21,27)(H,22,23,24). The van der Waals surface area contributed by atoms with Crippen molar-refractivity contribution in [2.24, 2.45) is 7.05 Å². The lowest BCUT2D eigenvalue weighted by molar-refractivity contribution is 0.0944. The number of aromatic nitrogens is 3. The van der Waals surface area contributed by atoms with E-state index in [0.717, 1.165) is 41.0 Å². The summed E-state index contributed by atoms with van der Waals surface area (Å²) in [6.07, 6.45) is 5.24. The minimum absolute atomic E-state index is 0.0780. The third-order valence-corrected chi connectivity index (χ3v) is 4.69. The van der Waals surface area contributed by atoms with Crippen molar-refractivity contribution in [2.45, 2.75) is 12.8 Å². The van der Waals surface area contributed by atoms with Gasteiger partial charge in [0.2, 0.25) is 5.95 Å². The number of carbonyl (C=O) groups excluding carboxylic acids is 1. The summed E-state index contributed by atoms with van der Waals surface area (Å²) in [6, 6.07) is 9.78. The summed E-state index contributed by atoms with van der Waals surface area (Å²) in [6.45, 7) is 0.164. The molecular weight excluding hydrogens is 342 g/mol. The molecule has 0 radical (unpaired) electrons. The van der Waals surface area contributed by atoms with E-state index in [4.69, 9.17) is 10.1 Å². The molecule has 2 aromatic heterocycles. The number of hydrogen-bond acceptors (Lipinski definition) is 5. The number of carbonyl (C=O) groups is 1. The van der Waals surface area contributed by atoms with E-state index in [1.165, 1.54) is 0 Å². The lowest BCUT2D eigenvalue weighted by atomic mass is 9.92. The molecule has 0 atom stereocenters. The van der Waals surface area contributed by atoms with Crippen LogP contribution in [0, 0.1) is 0 Å². The number of hydrogen-bond donors (Lipinski definition) is 3. The Bertz CT molecular complexity index is 982. The van der Waals surface area contributed by atoms with E-state index >= 15 is 0 Å². The van der Waals surface area contributed by atoms with Crippen LogP contribution < -0.4 is 10.6 Å². The van der Waals surface area contributed by atoms with Gasteiger partial charge in [0.15, 0.2) is 0 Å². The number of nitrogens with one attached hydrogen (secondary N) is 2. The predicted octanol–water partition coefficient (Wildman–Crippen LogP) is 2.05. The smallest absolute Gasteiger partial charge is 0.253 e. The molecular formula is C20H21N5O2. The summed E-state index contributed by atoms with van der Waals surface area (Å²) in [4.78, 5) is 21.6. The zero-order valence-electron chi connectivity index (χ0n) is 15.1. The Morgan fingerprint density at radius 3 is 2.85 bits per heavy atom. The van der Waals surface area contributed by atoms with E-state index in [1.807, 2.05) is 54.3 Å². The number of aliphatic hydroxyl groups excluding tert-OH is 1. The van der Waals surface area contributed by atoms with Crippen molar-refractivity contribution in [1.29, 1.82) is 0 Å². The molecule has 1 aromatic carbocycles. The maximum absolute atomic E-state index is 12.4. The molecule has 1 amide bonds. The van der Waals surface area contributed by atoms with Crippen molar-refractivity contribution >= 4 is 17.5 Å². The van der Waals surface area contributed by atoms with Crippen LogP contribution in [-0.2, 0) is 19.9 Å². The number of rotatable bonds is 5. The third kappa shape index (κ3) is 3.29. The molecule has 1 aliphatic carbocycles. The summed E-state index contributed by atoms with van der Waals surface area (Å²) in [5, 5.41) is 14.9. The van der Waals surface area contributed by atoms with Crippen molar-refractivity contribution in [3.8, 4) is 11.4 Å². The van der Waals surface area contributed by atoms with Crippen molar-refractivity contribution in [1.82, 2.24) is 19.9 Å². The van der Waals surface area contributed by atoms with Gasteiger partial charge in [0.25, 0.3) is 5.91 Å². The SMILES string of the molecule is Cn1cc(C(=O)NCCO)c2c1-c1nc(Nc3ccccc3)ncc1CC2. The van der Waals surface area contributed by atoms with E-state index in [2.05, 4.69) is 15.6 Å². The Kier molecular flexibility index (Phi) is 4.60. The van der Waals surface area contributed by atoms with E-state index in [-0.39, 0.29) is 19.1 Å². The number of anilines is 2. The van der Waals surface area contributed by atoms with Crippen LogP contribution in [0.5, 0.6) is 0 Å². The first-order valence-corrected chi connectivity index (χ1v) is 8.93. The highest BCUT2D eigenvalue weighted by atomic mass is 16.3. The van der Waals surface area contributed by atoms with Crippen LogP contribution in [0.3, 0.4) is 0 Å². The molecule has 7 heteroatoms. The Labute approximate surface area is 157 Å². The van der Waals surface area contributed by atoms with Crippen LogP contribution in [0.2, 0.25) is 0 Å². The van der Waals surface area contributed by atoms with Crippen molar-refractivity contribution < 1.29 is 9.90 Å². The maximum Gasteiger partial charge on any atom is 0.253 e. The number of benzene rings is 1. The molecule has 7 nitrogen and oxygen atoms in total. The number of aliphatic hydroxyl groups is 1. The Morgan fingerprint density at radius 2 is 2.07 bits per heavy atom. The second kappa shape index (κ2) is 7.20. The molecule has 0 spiro atoms. The van der Waals surface area contributed by atoms with E-state index < -0.39 is 0 Å². The molecule has 0 fully saturated rings. The minimum atomic E-state index is -0.166. The molecule has 138 valence electrons. The van der Waals surface area contributed by atoms with Gasteiger partial charge in [-0.15, -0.1) is 0 Å². The van der Waals surface area contributed by atoms with Crippen LogP contribution in [0.25, 0.3) is 11.4 Å². The monoisotopic (exact) mass is 363 g/mol. The Hall–Kier alpha value is -3.19. The first-order valence-electron chi connectivity index (χ1n) is 8.93. The van der Waals surface area contributed by atoms with Gasteiger partial charge in [-0.05, 0) is 36.1 Å². The highest BCUT2D eigenvalue weighted by Gasteiger charge is 2.27. The molecule has 4 rings (SSSR count). The average molecular weight is 363 g/mol. The van der Waals surface area contributed by atoms with Gasteiger partial charge >= 0.3 is 0 Å². The molecule has 2 heterocycles. The first kappa shape index (κ1) is 17.2. The lowest BCUT2D eigenvalue weighted by Gasteiger charge is -2.18. The number of aryl methyl sites for hydroxylation is 2. The van der Waals surface area contributed by atoms with Crippen LogP contribution >= 0.6 is 0 Å². The normalized spacial score (nSPS) is 12.2.